The number of hydrogen-bond donors (Lipinski definition) is 1. The lowest BCUT2D eigenvalue weighted by Crippen LogP contribution is -2.35. The Balaban J connectivity index is 2.46. The first-order chi connectivity index (χ1) is 6.01. The van der Waals surface area contributed by atoms with Gasteiger partial charge in [0.25, 0.3) is 5.19 Å². The largest absolute Gasteiger partial charge is 0.472 e. The molecule has 1 N–H and O–H groups in total. The van der Waals surface area contributed by atoms with Crippen LogP contribution in [0.15, 0.2) is 0 Å². The van der Waals surface area contributed by atoms with Crippen LogP contribution in [0.2, 0.25) is 0 Å². The van der Waals surface area contributed by atoms with Crippen LogP contribution in [-0.2, 0) is 6.54 Å². The second-order valence-corrected chi connectivity index (χ2v) is 4.79. The van der Waals surface area contributed by atoms with Crippen LogP contribution in [0.5, 0.6) is 5.19 Å². The molecule has 0 fully saturated rings. The molecule has 0 atom stereocenters. The van der Waals surface area contributed by atoms with Crippen LogP contribution in [0.4, 0.5) is 0 Å². The number of methoxy groups -OCH3 is 1. The van der Waals surface area contributed by atoms with Gasteiger partial charge in [-0.25, -0.2) is 0 Å². The predicted molar refractivity (Wildman–Crippen MR) is 53.1 cm³/mol. The van der Waals surface area contributed by atoms with Crippen molar-refractivity contribution >= 4 is 11.3 Å². The van der Waals surface area contributed by atoms with E-state index in [1.54, 1.807) is 7.11 Å². The fourth-order valence-electron chi connectivity index (χ4n) is 0.733. The van der Waals surface area contributed by atoms with E-state index in [4.69, 9.17) is 4.74 Å². The lowest BCUT2D eigenvalue weighted by atomic mass is 10.1. The van der Waals surface area contributed by atoms with Crippen LogP contribution in [0.1, 0.15) is 25.8 Å². The molecule has 0 aliphatic heterocycles. The Morgan fingerprint density at radius 3 is 2.54 bits per heavy atom. The van der Waals surface area contributed by atoms with Gasteiger partial charge in [-0.2, -0.15) is 0 Å². The normalized spacial score (nSPS) is 11.7. The van der Waals surface area contributed by atoms with E-state index < -0.39 is 0 Å². The van der Waals surface area contributed by atoms with Gasteiger partial charge in [-0.1, -0.05) is 11.3 Å². The zero-order valence-corrected chi connectivity index (χ0v) is 9.23. The Morgan fingerprint density at radius 2 is 2.08 bits per heavy atom. The molecule has 0 aromatic carbocycles. The molecule has 0 aliphatic rings. The standard InChI is InChI=1S/C8H15N3OS/c1-8(2,3)9-5-6-10-11-7(12-4)13-6/h9H,5H2,1-4H3. The molecule has 1 rings (SSSR count). The summed E-state index contributed by atoms with van der Waals surface area (Å²) in [6.45, 7) is 7.09. The summed E-state index contributed by atoms with van der Waals surface area (Å²) in [4.78, 5) is 0. The first-order valence-corrected chi connectivity index (χ1v) is 4.94. The number of ether oxygens (including phenoxy) is 1. The lowest BCUT2D eigenvalue weighted by molar-refractivity contribution is 0.406. The molecular weight excluding hydrogens is 186 g/mol. The molecule has 0 bridgehead atoms. The molecule has 0 amide bonds. The van der Waals surface area contributed by atoms with E-state index in [1.165, 1.54) is 11.3 Å². The van der Waals surface area contributed by atoms with Crippen molar-refractivity contribution in [3.8, 4) is 5.19 Å². The van der Waals surface area contributed by atoms with Gasteiger partial charge in [-0.05, 0) is 20.8 Å². The third kappa shape index (κ3) is 3.69. The highest BCUT2D eigenvalue weighted by Crippen LogP contribution is 2.17. The number of hydrogen-bond acceptors (Lipinski definition) is 5. The first kappa shape index (κ1) is 10.4. The highest BCUT2D eigenvalue weighted by Gasteiger charge is 2.10. The average molecular weight is 201 g/mol. The molecule has 0 radical (unpaired) electrons. The summed E-state index contributed by atoms with van der Waals surface area (Å²) in [6, 6.07) is 0. The Labute approximate surface area is 82.3 Å². The second-order valence-electron chi connectivity index (χ2n) is 3.77. The minimum absolute atomic E-state index is 0.110. The summed E-state index contributed by atoms with van der Waals surface area (Å²) in [6.07, 6.45) is 0. The molecule has 74 valence electrons. The van der Waals surface area contributed by atoms with Crippen LogP contribution in [0, 0.1) is 0 Å². The smallest absolute Gasteiger partial charge is 0.293 e. The van der Waals surface area contributed by atoms with E-state index in [0.717, 1.165) is 11.6 Å². The van der Waals surface area contributed by atoms with Crippen molar-refractivity contribution in [2.75, 3.05) is 7.11 Å². The van der Waals surface area contributed by atoms with Gasteiger partial charge in [-0.3, -0.25) is 0 Å². The SMILES string of the molecule is COc1nnc(CNC(C)(C)C)s1. The molecule has 0 aliphatic carbocycles. The van der Waals surface area contributed by atoms with Gasteiger partial charge < -0.3 is 10.1 Å². The van der Waals surface area contributed by atoms with Gasteiger partial charge in [-0.15, -0.1) is 10.2 Å². The second kappa shape index (κ2) is 4.02. The van der Waals surface area contributed by atoms with Gasteiger partial charge in [0.15, 0.2) is 0 Å². The monoisotopic (exact) mass is 201 g/mol. The topological polar surface area (TPSA) is 47.0 Å². The predicted octanol–water partition coefficient (Wildman–Crippen LogP) is 1.43. The van der Waals surface area contributed by atoms with Gasteiger partial charge >= 0.3 is 0 Å². The van der Waals surface area contributed by atoms with Crippen molar-refractivity contribution in [3.05, 3.63) is 5.01 Å². The molecule has 1 heterocycles. The Hall–Kier alpha value is -0.680. The summed E-state index contributed by atoms with van der Waals surface area (Å²) in [5.41, 5.74) is 0.110. The molecule has 5 heteroatoms. The maximum atomic E-state index is 4.94. The Bertz CT molecular complexity index is 267. The van der Waals surface area contributed by atoms with Crippen LogP contribution in [0.3, 0.4) is 0 Å². The van der Waals surface area contributed by atoms with Gasteiger partial charge in [0.2, 0.25) is 0 Å². The number of nitrogens with zero attached hydrogens (tertiary/aromatic N) is 2. The van der Waals surface area contributed by atoms with Crippen molar-refractivity contribution in [3.63, 3.8) is 0 Å². The number of aromatic nitrogens is 2. The van der Waals surface area contributed by atoms with Crippen molar-refractivity contribution < 1.29 is 4.74 Å². The molecule has 0 unspecified atom stereocenters. The van der Waals surface area contributed by atoms with Crippen LogP contribution >= 0.6 is 11.3 Å². The Kier molecular flexibility index (Phi) is 3.22. The molecule has 13 heavy (non-hydrogen) atoms. The first-order valence-electron chi connectivity index (χ1n) is 4.12. The van der Waals surface area contributed by atoms with E-state index in [2.05, 4.69) is 36.3 Å². The summed E-state index contributed by atoms with van der Waals surface area (Å²) in [5, 5.41) is 12.7. The van der Waals surface area contributed by atoms with Crippen LogP contribution in [0.25, 0.3) is 0 Å². The van der Waals surface area contributed by atoms with E-state index in [9.17, 15) is 0 Å². The molecular formula is C8H15N3OS. The van der Waals surface area contributed by atoms with Crippen molar-refractivity contribution in [1.82, 2.24) is 15.5 Å². The van der Waals surface area contributed by atoms with Crippen LogP contribution < -0.4 is 10.1 Å². The third-order valence-electron chi connectivity index (χ3n) is 1.39. The number of nitrogens with one attached hydrogen (secondary N) is 1. The fourth-order valence-corrected chi connectivity index (χ4v) is 1.33. The van der Waals surface area contributed by atoms with E-state index in [0.29, 0.717) is 5.19 Å². The van der Waals surface area contributed by atoms with E-state index in [1.807, 2.05) is 0 Å². The Morgan fingerprint density at radius 1 is 1.38 bits per heavy atom. The minimum atomic E-state index is 0.110. The highest BCUT2D eigenvalue weighted by atomic mass is 32.1. The lowest BCUT2D eigenvalue weighted by Gasteiger charge is -2.19. The van der Waals surface area contributed by atoms with Crippen LogP contribution in [-0.4, -0.2) is 22.8 Å². The van der Waals surface area contributed by atoms with Crippen molar-refractivity contribution in [2.45, 2.75) is 32.9 Å². The summed E-state index contributed by atoms with van der Waals surface area (Å²) < 4.78 is 4.94. The summed E-state index contributed by atoms with van der Waals surface area (Å²) >= 11 is 1.47. The minimum Gasteiger partial charge on any atom is -0.472 e. The molecule has 4 nitrogen and oxygen atoms in total. The van der Waals surface area contributed by atoms with E-state index in [-0.39, 0.29) is 5.54 Å². The molecule has 0 saturated carbocycles. The maximum absolute atomic E-state index is 4.94. The molecule has 1 aromatic heterocycles. The zero-order chi connectivity index (χ0) is 9.90. The molecule has 1 aromatic rings. The van der Waals surface area contributed by atoms with Crippen molar-refractivity contribution in [1.29, 1.82) is 0 Å². The van der Waals surface area contributed by atoms with E-state index >= 15 is 0 Å². The van der Waals surface area contributed by atoms with Gasteiger partial charge in [0.1, 0.15) is 5.01 Å². The maximum Gasteiger partial charge on any atom is 0.293 e. The third-order valence-corrected chi connectivity index (χ3v) is 2.28. The van der Waals surface area contributed by atoms with Gasteiger partial charge in [0, 0.05) is 5.54 Å². The molecule has 0 spiro atoms. The zero-order valence-electron chi connectivity index (χ0n) is 8.42. The molecule has 0 saturated heterocycles. The summed E-state index contributed by atoms with van der Waals surface area (Å²) in [5.74, 6) is 0. The summed E-state index contributed by atoms with van der Waals surface area (Å²) in [7, 11) is 1.60. The fraction of sp³-hybridized carbons (Fsp3) is 0.750. The number of rotatable bonds is 3. The van der Waals surface area contributed by atoms with Gasteiger partial charge in [0.05, 0.1) is 13.7 Å². The quantitative estimate of drug-likeness (QED) is 0.803. The average Bonchev–Trinajstić information content (AvgIpc) is 2.47. The highest BCUT2D eigenvalue weighted by molar-refractivity contribution is 7.13. The van der Waals surface area contributed by atoms with Crippen molar-refractivity contribution in [2.24, 2.45) is 0 Å².